The highest BCUT2D eigenvalue weighted by molar-refractivity contribution is 7.55. The minimum Gasteiger partial charge on any atom is -0.467 e. The number of aromatic nitrogens is 1. The van der Waals surface area contributed by atoms with E-state index >= 15 is 0 Å². The minimum absolute atomic E-state index is 0.00745. The van der Waals surface area contributed by atoms with Gasteiger partial charge in [-0.25, -0.2) is 9.78 Å². The number of alkyl halides is 1. The van der Waals surface area contributed by atoms with Gasteiger partial charge in [-0.1, -0.05) is 0 Å². The van der Waals surface area contributed by atoms with Gasteiger partial charge < -0.3 is 29.7 Å². The predicted molar refractivity (Wildman–Crippen MR) is 111 cm³/mol. The Balaban J connectivity index is 2.36. The van der Waals surface area contributed by atoms with Gasteiger partial charge in [-0.05, 0) is 13.8 Å². The van der Waals surface area contributed by atoms with Crippen LogP contribution in [-0.4, -0.2) is 67.0 Å². The maximum Gasteiger partial charge on any atom is 0.349 e. The van der Waals surface area contributed by atoms with Gasteiger partial charge in [0, 0.05) is 5.38 Å². The lowest BCUT2D eigenvalue weighted by atomic mass is 9.99. The zero-order chi connectivity index (χ0) is 23.2. The summed E-state index contributed by atoms with van der Waals surface area (Å²) in [5.74, 6) is -3.09. The molecule has 0 radical (unpaired) electrons. The number of thiazole rings is 1. The Bertz CT molecular complexity index is 887. The van der Waals surface area contributed by atoms with Crippen molar-refractivity contribution in [1.82, 2.24) is 15.6 Å². The van der Waals surface area contributed by atoms with Gasteiger partial charge in [0.1, 0.15) is 11.9 Å². The molecule has 1 fully saturated rings. The fourth-order valence-corrected chi connectivity index (χ4v) is 5.52. The van der Waals surface area contributed by atoms with Gasteiger partial charge in [0.15, 0.2) is 16.8 Å². The molecule has 0 saturated carbocycles. The van der Waals surface area contributed by atoms with Crippen LogP contribution < -0.4 is 16.0 Å². The summed E-state index contributed by atoms with van der Waals surface area (Å²) in [4.78, 5) is 52.4. The standard InChI is InChI=1S/C16H22ClN4O8PS/c1-4-28-30(26,29-5-2)12(8-7-31-16(18-8)19-9(22)6-17)14(24)20-10-11(15(25)27-3)21-13(10)23/h7,10-12H,4-6H2,1-3H3,(H,20,24)(H,21,23)(H,18,19,22). The summed E-state index contributed by atoms with van der Waals surface area (Å²) in [5, 5.41) is 8.65. The second-order valence-corrected chi connectivity index (χ2v) is 9.27. The lowest BCUT2D eigenvalue weighted by Crippen LogP contribution is -2.72. The van der Waals surface area contributed by atoms with Crippen LogP contribution in [0.2, 0.25) is 0 Å². The van der Waals surface area contributed by atoms with Crippen molar-refractivity contribution >= 4 is 59.4 Å². The fourth-order valence-electron chi connectivity index (χ4n) is 2.69. The number of halogens is 1. The van der Waals surface area contributed by atoms with Crippen LogP contribution in [0, 0.1) is 0 Å². The van der Waals surface area contributed by atoms with Crippen LogP contribution in [0.1, 0.15) is 25.2 Å². The van der Waals surface area contributed by atoms with E-state index in [2.05, 4.69) is 25.7 Å². The molecule has 1 aliphatic rings. The summed E-state index contributed by atoms with van der Waals surface area (Å²) in [6.07, 6.45) is 0. The van der Waals surface area contributed by atoms with Crippen molar-refractivity contribution in [3.05, 3.63) is 11.1 Å². The van der Waals surface area contributed by atoms with E-state index in [-0.39, 0.29) is 29.9 Å². The summed E-state index contributed by atoms with van der Waals surface area (Å²) in [6.45, 7) is 3.08. The predicted octanol–water partition coefficient (Wildman–Crippen LogP) is 0.784. The molecule has 1 aliphatic heterocycles. The lowest BCUT2D eigenvalue weighted by Gasteiger charge is -2.36. The molecule has 1 saturated heterocycles. The zero-order valence-electron chi connectivity index (χ0n) is 16.9. The Morgan fingerprint density at radius 1 is 1.32 bits per heavy atom. The van der Waals surface area contributed by atoms with Gasteiger partial charge in [0.05, 0.1) is 26.0 Å². The molecule has 15 heteroatoms. The molecule has 0 spiro atoms. The number of hydrogen-bond acceptors (Lipinski definition) is 10. The van der Waals surface area contributed by atoms with Crippen LogP contribution >= 0.6 is 30.5 Å². The van der Waals surface area contributed by atoms with Gasteiger partial charge >= 0.3 is 13.6 Å². The number of ether oxygens (including phenoxy) is 1. The van der Waals surface area contributed by atoms with Gasteiger partial charge in [-0.2, -0.15) is 0 Å². The maximum atomic E-state index is 13.4. The summed E-state index contributed by atoms with van der Waals surface area (Å²) in [5.41, 5.74) is -1.57. The number of carbonyl (C=O) groups excluding carboxylic acids is 4. The molecular weight excluding hydrogens is 475 g/mol. The van der Waals surface area contributed by atoms with Crippen LogP contribution in [0.5, 0.6) is 0 Å². The van der Waals surface area contributed by atoms with Crippen molar-refractivity contribution in [3.63, 3.8) is 0 Å². The van der Waals surface area contributed by atoms with E-state index in [0.717, 1.165) is 18.4 Å². The molecule has 3 unspecified atom stereocenters. The van der Waals surface area contributed by atoms with Crippen molar-refractivity contribution in [3.8, 4) is 0 Å². The Hall–Kier alpha value is -2.05. The van der Waals surface area contributed by atoms with E-state index in [0.29, 0.717) is 0 Å². The Labute approximate surface area is 186 Å². The quantitative estimate of drug-likeness (QED) is 0.174. The number of esters is 1. The minimum atomic E-state index is -4.10. The molecule has 0 aromatic carbocycles. The van der Waals surface area contributed by atoms with Crippen molar-refractivity contribution in [2.24, 2.45) is 0 Å². The molecule has 0 aliphatic carbocycles. The number of amides is 3. The van der Waals surface area contributed by atoms with E-state index < -0.39 is 49.0 Å². The molecule has 12 nitrogen and oxygen atoms in total. The van der Waals surface area contributed by atoms with Crippen molar-refractivity contribution in [2.75, 3.05) is 31.5 Å². The number of β-lactam (4-membered cyclic amide) rings is 1. The van der Waals surface area contributed by atoms with Crippen LogP contribution in [0.4, 0.5) is 5.13 Å². The average molecular weight is 497 g/mol. The van der Waals surface area contributed by atoms with Gasteiger partial charge in [-0.3, -0.25) is 18.9 Å². The van der Waals surface area contributed by atoms with Gasteiger partial charge in [0.2, 0.25) is 17.7 Å². The topological polar surface area (TPSA) is 162 Å². The summed E-state index contributed by atoms with van der Waals surface area (Å²) < 4.78 is 28.6. The van der Waals surface area contributed by atoms with Crippen molar-refractivity contribution in [2.45, 2.75) is 31.6 Å². The fraction of sp³-hybridized carbons (Fsp3) is 0.562. The second kappa shape index (κ2) is 11.0. The van der Waals surface area contributed by atoms with Crippen molar-refractivity contribution in [1.29, 1.82) is 0 Å². The molecule has 1 aromatic rings. The second-order valence-electron chi connectivity index (χ2n) is 6.03. The Morgan fingerprint density at radius 3 is 2.48 bits per heavy atom. The lowest BCUT2D eigenvalue weighted by molar-refractivity contribution is -0.154. The SMILES string of the molecule is CCOP(=O)(OCC)C(C(=O)NC1C(=O)NC1C(=O)OC)c1csc(NC(=O)CCl)n1. The molecule has 31 heavy (non-hydrogen) atoms. The largest absolute Gasteiger partial charge is 0.467 e. The molecule has 2 rings (SSSR count). The summed E-state index contributed by atoms with van der Waals surface area (Å²) in [6, 6.07) is -2.32. The molecule has 172 valence electrons. The van der Waals surface area contributed by atoms with E-state index in [4.69, 9.17) is 20.6 Å². The number of methoxy groups -OCH3 is 1. The molecule has 3 amide bonds. The first kappa shape index (κ1) is 25.2. The monoisotopic (exact) mass is 496 g/mol. The maximum absolute atomic E-state index is 13.4. The first-order valence-corrected chi connectivity index (χ1v) is 12.1. The first-order valence-electron chi connectivity index (χ1n) is 9.09. The number of nitrogens with one attached hydrogen (secondary N) is 3. The highest BCUT2D eigenvalue weighted by atomic mass is 35.5. The number of anilines is 1. The molecule has 3 N–H and O–H groups in total. The highest BCUT2D eigenvalue weighted by Crippen LogP contribution is 2.61. The van der Waals surface area contributed by atoms with Crippen LogP contribution in [-0.2, 0) is 37.5 Å². The number of rotatable bonds is 11. The Morgan fingerprint density at radius 2 is 1.97 bits per heavy atom. The molecular formula is C16H22ClN4O8PS. The average Bonchev–Trinajstić information content (AvgIpc) is 3.17. The highest BCUT2D eigenvalue weighted by Gasteiger charge is 2.50. The normalized spacial score (nSPS) is 19.0. The van der Waals surface area contributed by atoms with E-state index in [1.54, 1.807) is 13.8 Å². The van der Waals surface area contributed by atoms with E-state index in [1.807, 2.05) is 0 Å². The van der Waals surface area contributed by atoms with Crippen LogP contribution in [0.15, 0.2) is 5.38 Å². The summed E-state index contributed by atoms with van der Waals surface area (Å²) in [7, 11) is -2.96. The van der Waals surface area contributed by atoms with Crippen LogP contribution in [0.3, 0.4) is 0 Å². The molecule has 2 heterocycles. The third-order valence-electron chi connectivity index (χ3n) is 4.02. The third-order valence-corrected chi connectivity index (χ3v) is 7.41. The number of nitrogens with zero attached hydrogens (tertiary/aromatic N) is 1. The third kappa shape index (κ3) is 5.80. The Kier molecular flexibility index (Phi) is 8.95. The molecule has 1 aromatic heterocycles. The molecule has 3 atom stereocenters. The van der Waals surface area contributed by atoms with Gasteiger partial charge in [0.25, 0.3) is 0 Å². The van der Waals surface area contributed by atoms with Crippen molar-refractivity contribution < 1.29 is 37.5 Å². The number of hydrogen-bond donors (Lipinski definition) is 3. The molecule has 0 bridgehead atoms. The zero-order valence-corrected chi connectivity index (χ0v) is 19.3. The summed E-state index contributed by atoms with van der Waals surface area (Å²) >= 11 is 6.43. The number of carbonyl (C=O) groups is 4. The first-order chi connectivity index (χ1) is 14.7. The van der Waals surface area contributed by atoms with E-state index in [1.165, 1.54) is 5.38 Å². The smallest absolute Gasteiger partial charge is 0.349 e. The van der Waals surface area contributed by atoms with Gasteiger partial charge in [-0.15, -0.1) is 22.9 Å². The van der Waals surface area contributed by atoms with Crippen LogP contribution in [0.25, 0.3) is 0 Å². The van der Waals surface area contributed by atoms with E-state index in [9.17, 15) is 23.7 Å².